The van der Waals surface area contributed by atoms with Crippen LogP contribution in [-0.4, -0.2) is 17.4 Å². The summed E-state index contributed by atoms with van der Waals surface area (Å²) in [5.74, 6) is -2.22. The Kier molecular flexibility index (Phi) is 7.64. The molecule has 2 aromatic carbocycles. The summed E-state index contributed by atoms with van der Waals surface area (Å²) in [5.41, 5.74) is 0.335. The van der Waals surface area contributed by atoms with Crippen molar-refractivity contribution in [1.29, 1.82) is 5.26 Å². The van der Waals surface area contributed by atoms with Gasteiger partial charge < -0.3 is 10.6 Å². The first-order valence-electron chi connectivity index (χ1n) is 11.5. The average Bonchev–Trinajstić information content (AvgIpc) is 2.82. The molecule has 4 rings (SSSR count). The van der Waals surface area contributed by atoms with E-state index < -0.39 is 29.4 Å². The zero-order valence-corrected chi connectivity index (χ0v) is 21.9. The predicted molar refractivity (Wildman–Crippen MR) is 138 cm³/mol. The van der Waals surface area contributed by atoms with Crippen molar-refractivity contribution < 1.29 is 27.2 Å². The SMILES string of the molecule is CC1(C)CC(=O)C2=C(C1)NC(SCC(=O)Nc1cc(C(F)(F)F)ccc1Cl)=C(C#N)[C@@H]2c1ccc(F)cc1. The van der Waals surface area contributed by atoms with Crippen molar-refractivity contribution in [3.8, 4) is 6.07 Å². The number of hydrogen-bond donors (Lipinski definition) is 2. The largest absolute Gasteiger partial charge is 0.416 e. The molecular formula is C27H22ClF4N3O2S. The second-order valence-electron chi connectivity index (χ2n) is 9.83. The number of nitrogens with one attached hydrogen (secondary N) is 2. The van der Waals surface area contributed by atoms with Gasteiger partial charge in [-0.15, -0.1) is 0 Å². The molecule has 38 heavy (non-hydrogen) atoms. The lowest BCUT2D eigenvalue weighted by Gasteiger charge is -2.39. The van der Waals surface area contributed by atoms with Crippen molar-refractivity contribution in [3.05, 3.63) is 86.3 Å². The van der Waals surface area contributed by atoms with E-state index >= 15 is 0 Å². The number of carbonyl (C=O) groups excluding carboxylic acids is 2. The third kappa shape index (κ3) is 5.89. The van der Waals surface area contributed by atoms with Gasteiger partial charge in [0.05, 0.1) is 44.6 Å². The number of amides is 1. The molecule has 1 atom stereocenters. The number of hydrogen-bond acceptors (Lipinski definition) is 5. The van der Waals surface area contributed by atoms with Gasteiger partial charge in [-0.25, -0.2) is 4.39 Å². The number of rotatable bonds is 5. The highest BCUT2D eigenvalue weighted by atomic mass is 35.5. The van der Waals surface area contributed by atoms with Gasteiger partial charge in [-0.2, -0.15) is 18.4 Å². The summed E-state index contributed by atoms with van der Waals surface area (Å²) in [6, 6.07) is 10.3. The molecule has 0 radical (unpaired) electrons. The number of nitriles is 1. The molecule has 1 heterocycles. The van der Waals surface area contributed by atoms with Crippen molar-refractivity contribution in [3.63, 3.8) is 0 Å². The van der Waals surface area contributed by atoms with E-state index in [1.807, 2.05) is 13.8 Å². The lowest BCUT2D eigenvalue weighted by Crippen LogP contribution is -2.37. The molecule has 1 amide bonds. The van der Waals surface area contributed by atoms with Gasteiger partial charge in [0.2, 0.25) is 5.91 Å². The number of carbonyl (C=O) groups is 2. The zero-order valence-electron chi connectivity index (χ0n) is 20.3. The predicted octanol–water partition coefficient (Wildman–Crippen LogP) is 6.93. The number of allylic oxidation sites excluding steroid dienone is 3. The van der Waals surface area contributed by atoms with E-state index in [0.29, 0.717) is 28.3 Å². The summed E-state index contributed by atoms with van der Waals surface area (Å²) in [5, 5.41) is 15.9. The molecule has 198 valence electrons. The lowest BCUT2D eigenvalue weighted by molar-refractivity contribution is -0.137. The van der Waals surface area contributed by atoms with E-state index in [9.17, 15) is 32.4 Å². The Morgan fingerprint density at radius 2 is 1.89 bits per heavy atom. The first-order valence-corrected chi connectivity index (χ1v) is 12.9. The van der Waals surface area contributed by atoms with Gasteiger partial charge in [0.15, 0.2) is 5.78 Å². The second-order valence-corrected chi connectivity index (χ2v) is 11.2. The number of anilines is 1. The monoisotopic (exact) mass is 563 g/mol. The Bertz CT molecular complexity index is 1410. The quantitative estimate of drug-likeness (QED) is 0.385. The number of benzene rings is 2. The highest BCUT2D eigenvalue weighted by molar-refractivity contribution is 8.03. The maximum absolute atomic E-state index is 13.6. The Balaban J connectivity index is 1.63. The number of halogens is 5. The first-order chi connectivity index (χ1) is 17.8. The molecule has 2 N–H and O–H groups in total. The fourth-order valence-electron chi connectivity index (χ4n) is 4.60. The minimum Gasteiger partial charge on any atom is -0.352 e. The van der Waals surface area contributed by atoms with E-state index in [-0.39, 0.29) is 39.7 Å². The zero-order chi connectivity index (χ0) is 27.8. The van der Waals surface area contributed by atoms with Crippen LogP contribution in [-0.2, 0) is 15.8 Å². The third-order valence-electron chi connectivity index (χ3n) is 6.25. The van der Waals surface area contributed by atoms with Crippen LogP contribution in [0.4, 0.5) is 23.2 Å². The minimum atomic E-state index is -4.61. The summed E-state index contributed by atoms with van der Waals surface area (Å²) < 4.78 is 52.9. The summed E-state index contributed by atoms with van der Waals surface area (Å²) in [7, 11) is 0. The van der Waals surface area contributed by atoms with E-state index in [1.165, 1.54) is 24.3 Å². The van der Waals surface area contributed by atoms with Crippen LogP contribution < -0.4 is 10.6 Å². The van der Waals surface area contributed by atoms with Gasteiger partial charge in [-0.3, -0.25) is 9.59 Å². The van der Waals surface area contributed by atoms with Crippen LogP contribution in [0.25, 0.3) is 0 Å². The molecule has 0 aromatic heterocycles. The molecule has 11 heteroatoms. The van der Waals surface area contributed by atoms with Gasteiger partial charge in [0.1, 0.15) is 5.82 Å². The van der Waals surface area contributed by atoms with Gasteiger partial charge in [-0.05, 0) is 47.7 Å². The van der Waals surface area contributed by atoms with Crippen molar-refractivity contribution in [2.45, 2.75) is 38.8 Å². The minimum absolute atomic E-state index is 0.0572. The standard InChI is InChI=1S/C27H22ClF4N3O2S/c1-26(2)10-20-24(21(36)11-26)23(14-3-6-16(29)7-4-14)17(12-33)25(35-20)38-13-22(37)34-19-9-15(27(30,31)32)5-8-18(19)28/h3-9,23,35H,10-11,13H2,1-2H3,(H,34,37)/t23-/m0/s1. The number of nitrogens with zero attached hydrogens (tertiary/aromatic N) is 1. The molecule has 5 nitrogen and oxygen atoms in total. The molecule has 1 aliphatic carbocycles. The number of ketones is 1. The van der Waals surface area contributed by atoms with E-state index in [0.717, 1.165) is 30.0 Å². The summed E-state index contributed by atoms with van der Waals surface area (Å²) in [4.78, 5) is 25.9. The summed E-state index contributed by atoms with van der Waals surface area (Å²) in [6.07, 6.45) is -3.81. The van der Waals surface area contributed by atoms with Crippen molar-refractivity contribution >= 4 is 40.7 Å². The number of dihydropyridines is 1. The summed E-state index contributed by atoms with van der Waals surface area (Å²) >= 11 is 6.96. The highest BCUT2D eigenvalue weighted by Crippen LogP contribution is 2.48. The molecule has 0 bridgehead atoms. The van der Waals surface area contributed by atoms with Crippen molar-refractivity contribution in [1.82, 2.24) is 5.32 Å². The third-order valence-corrected chi connectivity index (χ3v) is 7.59. The van der Waals surface area contributed by atoms with Gasteiger partial charge in [0.25, 0.3) is 0 Å². The fourth-order valence-corrected chi connectivity index (χ4v) is 5.63. The Hall–Kier alpha value is -3.29. The molecule has 0 unspecified atom stereocenters. The van der Waals surface area contributed by atoms with Crippen molar-refractivity contribution in [2.24, 2.45) is 5.41 Å². The van der Waals surface area contributed by atoms with Gasteiger partial charge in [-0.1, -0.05) is 49.3 Å². The van der Waals surface area contributed by atoms with Crippen LogP contribution in [0.3, 0.4) is 0 Å². The molecule has 0 spiro atoms. The van der Waals surface area contributed by atoms with Crippen LogP contribution >= 0.6 is 23.4 Å². The first kappa shape index (κ1) is 27.7. The topological polar surface area (TPSA) is 82.0 Å². The number of alkyl halides is 3. The van der Waals surface area contributed by atoms with E-state index in [2.05, 4.69) is 16.7 Å². The molecule has 1 aliphatic heterocycles. The van der Waals surface area contributed by atoms with Crippen LogP contribution in [0.5, 0.6) is 0 Å². The fraction of sp³-hybridized carbons (Fsp3) is 0.296. The molecule has 0 saturated heterocycles. The lowest BCUT2D eigenvalue weighted by atomic mass is 9.69. The van der Waals surface area contributed by atoms with Crippen LogP contribution in [0.1, 0.15) is 43.7 Å². The molecule has 2 aliphatic rings. The average molecular weight is 564 g/mol. The number of Topliss-reactive ketones (excluding diaryl/α,β-unsaturated/α-hetero) is 1. The molecule has 0 fully saturated rings. The van der Waals surface area contributed by atoms with E-state index in [1.54, 1.807) is 0 Å². The summed E-state index contributed by atoms with van der Waals surface area (Å²) in [6.45, 7) is 3.90. The second kappa shape index (κ2) is 10.5. The van der Waals surface area contributed by atoms with Crippen molar-refractivity contribution in [2.75, 3.05) is 11.1 Å². The molecule has 2 aromatic rings. The van der Waals surface area contributed by atoms with Crippen LogP contribution in [0.2, 0.25) is 5.02 Å². The maximum Gasteiger partial charge on any atom is 0.416 e. The molecule has 0 saturated carbocycles. The normalized spacial score (nSPS) is 19.0. The van der Waals surface area contributed by atoms with Gasteiger partial charge >= 0.3 is 6.18 Å². The highest BCUT2D eigenvalue weighted by Gasteiger charge is 2.42. The maximum atomic E-state index is 13.6. The number of thioether (sulfide) groups is 1. The smallest absolute Gasteiger partial charge is 0.352 e. The Labute approximate surface area is 225 Å². The molecular weight excluding hydrogens is 542 g/mol. The van der Waals surface area contributed by atoms with Crippen LogP contribution in [0, 0.1) is 22.6 Å². The van der Waals surface area contributed by atoms with E-state index in [4.69, 9.17) is 11.6 Å². The Morgan fingerprint density at radius 3 is 2.53 bits per heavy atom. The van der Waals surface area contributed by atoms with Crippen LogP contribution in [0.15, 0.2) is 64.3 Å². The van der Waals surface area contributed by atoms with Gasteiger partial charge in [0, 0.05) is 17.7 Å². The Morgan fingerprint density at radius 1 is 1.21 bits per heavy atom.